The molecule has 0 spiro atoms. The third kappa shape index (κ3) is 3.47. The van der Waals surface area contributed by atoms with Gasteiger partial charge in [-0.15, -0.1) is 0 Å². The quantitative estimate of drug-likeness (QED) is 0.527. The summed E-state index contributed by atoms with van der Waals surface area (Å²) in [6.45, 7) is 2.50. The van der Waals surface area contributed by atoms with Gasteiger partial charge in [0.2, 0.25) is 0 Å². The molecule has 0 fully saturated rings. The van der Waals surface area contributed by atoms with E-state index in [9.17, 15) is 0 Å². The van der Waals surface area contributed by atoms with Crippen LogP contribution >= 0.6 is 0 Å². The fourth-order valence-electron chi connectivity index (χ4n) is 3.35. The molecule has 0 aliphatic rings. The number of pyridine rings is 2. The molecule has 0 saturated carbocycles. The first-order chi connectivity index (χ1) is 13.7. The lowest BCUT2D eigenvalue weighted by molar-refractivity contribution is 0.410. The molecule has 0 saturated heterocycles. The summed E-state index contributed by atoms with van der Waals surface area (Å²) in [6, 6.07) is 18.3. The summed E-state index contributed by atoms with van der Waals surface area (Å²) < 4.78 is 5.56. The number of aromatic nitrogens is 2. The summed E-state index contributed by atoms with van der Waals surface area (Å²) in [5.41, 5.74) is 11.0. The first-order valence-electron chi connectivity index (χ1n) is 9.13. The number of nitrogens with one attached hydrogen (secondary N) is 1. The first-order valence-corrected chi connectivity index (χ1v) is 9.13. The van der Waals surface area contributed by atoms with Gasteiger partial charge in [0.05, 0.1) is 12.8 Å². The van der Waals surface area contributed by atoms with E-state index in [2.05, 4.69) is 39.6 Å². The van der Waals surface area contributed by atoms with Crippen LogP contribution in [0.25, 0.3) is 21.9 Å². The fraction of sp³-hybridized carbons (Fsp3) is 0.130. The van der Waals surface area contributed by atoms with Gasteiger partial charge in [-0.2, -0.15) is 0 Å². The average molecular weight is 370 g/mol. The van der Waals surface area contributed by atoms with Crippen LogP contribution in [0.1, 0.15) is 11.3 Å². The van der Waals surface area contributed by atoms with E-state index >= 15 is 0 Å². The summed E-state index contributed by atoms with van der Waals surface area (Å²) >= 11 is 0. The van der Waals surface area contributed by atoms with Crippen molar-refractivity contribution < 1.29 is 4.74 Å². The van der Waals surface area contributed by atoms with Crippen LogP contribution in [0.4, 0.5) is 11.5 Å². The Bertz CT molecular complexity index is 1140. The molecule has 28 heavy (non-hydrogen) atoms. The highest BCUT2D eigenvalue weighted by atomic mass is 16.5. The Balaban J connectivity index is 1.69. The van der Waals surface area contributed by atoms with Gasteiger partial charge in [0.15, 0.2) is 0 Å². The number of nitrogens with two attached hydrogens (primary N) is 1. The zero-order valence-corrected chi connectivity index (χ0v) is 15.9. The second-order valence-electron chi connectivity index (χ2n) is 6.67. The van der Waals surface area contributed by atoms with Gasteiger partial charge in [0.25, 0.3) is 0 Å². The van der Waals surface area contributed by atoms with Crippen LogP contribution in [-0.4, -0.2) is 17.1 Å². The number of methoxy groups -OCH3 is 1. The molecule has 0 aliphatic carbocycles. The summed E-state index contributed by atoms with van der Waals surface area (Å²) in [5.74, 6) is 1.32. The van der Waals surface area contributed by atoms with Crippen molar-refractivity contribution in [1.82, 2.24) is 9.97 Å². The van der Waals surface area contributed by atoms with E-state index in [-0.39, 0.29) is 0 Å². The summed E-state index contributed by atoms with van der Waals surface area (Å²) in [7, 11) is 1.68. The summed E-state index contributed by atoms with van der Waals surface area (Å²) in [6.07, 6.45) is 3.79. The maximum absolute atomic E-state index is 6.03. The van der Waals surface area contributed by atoms with E-state index in [1.807, 2.05) is 49.6 Å². The molecule has 0 bridgehead atoms. The predicted molar refractivity (Wildman–Crippen MR) is 114 cm³/mol. The number of benzene rings is 2. The van der Waals surface area contributed by atoms with Crippen molar-refractivity contribution >= 4 is 22.3 Å². The van der Waals surface area contributed by atoms with E-state index in [0.29, 0.717) is 12.4 Å². The van der Waals surface area contributed by atoms with E-state index in [0.717, 1.165) is 39.2 Å². The minimum atomic E-state index is 0.494. The van der Waals surface area contributed by atoms with Crippen molar-refractivity contribution in [3.63, 3.8) is 0 Å². The van der Waals surface area contributed by atoms with Crippen molar-refractivity contribution in [2.45, 2.75) is 13.5 Å². The number of hydrogen-bond donors (Lipinski definition) is 2. The molecule has 4 rings (SSSR count). The van der Waals surface area contributed by atoms with Crippen molar-refractivity contribution in [2.75, 3.05) is 18.2 Å². The van der Waals surface area contributed by atoms with Gasteiger partial charge >= 0.3 is 0 Å². The molecule has 2 aromatic carbocycles. The summed E-state index contributed by atoms with van der Waals surface area (Å²) in [4.78, 5) is 8.71. The lowest BCUT2D eigenvalue weighted by Gasteiger charge is -2.14. The Hall–Kier alpha value is -3.60. The van der Waals surface area contributed by atoms with Crippen LogP contribution in [0.3, 0.4) is 0 Å². The van der Waals surface area contributed by atoms with E-state index in [4.69, 9.17) is 10.5 Å². The van der Waals surface area contributed by atoms with Crippen molar-refractivity contribution in [2.24, 2.45) is 0 Å². The number of aryl methyl sites for hydroxylation is 1. The molecule has 5 nitrogen and oxygen atoms in total. The number of nitrogen functional groups attached to an aromatic ring is 1. The molecule has 0 amide bonds. The van der Waals surface area contributed by atoms with Crippen LogP contribution in [-0.2, 0) is 6.54 Å². The molecule has 2 heterocycles. The maximum Gasteiger partial charge on any atom is 0.147 e. The van der Waals surface area contributed by atoms with Gasteiger partial charge in [-0.3, -0.25) is 4.98 Å². The van der Waals surface area contributed by atoms with E-state index in [1.165, 1.54) is 5.39 Å². The lowest BCUT2D eigenvalue weighted by atomic mass is 9.99. The molecule has 0 radical (unpaired) electrons. The number of rotatable bonds is 5. The van der Waals surface area contributed by atoms with E-state index < -0.39 is 0 Å². The third-order valence-electron chi connectivity index (χ3n) is 4.79. The van der Waals surface area contributed by atoms with Crippen LogP contribution in [0.5, 0.6) is 5.75 Å². The highest BCUT2D eigenvalue weighted by Crippen LogP contribution is 2.31. The van der Waals surface area contributed by atoms with Gasteiger partial charge in [-0.1, -0.05) is 30.3 Å². The Kier molecular flexibility index (Phi) is 4.81. The Morgan fingerprint density at radius 2 is 1.89 bits per heavy atom. The molecule has 0 atom stereocenters. The van der Waals surface area contributed by atoms with Gasteiger partial charge < -0.3 is 15.8 Å². The van der Waals surface area contributed by atoms with Gasteiger partial charge in [-0.25, -0.2) is 4.98 Å². The Labute approximate surface area is 164 Å². The highest BCUT2D eigenvalue weighted by Gasteiger charge is 2.10. The van der Waals surface area contributed by atoms with Gasteiger partial charge in [-0.05, 0) is 42.1 Å². The molecule has 3 N–H and O–H groups in total. The van der Waals surface area contributed by atoms with Crippen molar-refractivity contribution in [1.29, 1.82) is 0 Å². The monoisotopic (exact) mass is 370 g/mol. The molecule has 5 heteroatoms. The zero-order valence-electron chi connectivity index (χ0n) is 15.9. The summed E-state index contributed by atoms with van der Waals surface area (Å²) in [5, 5.41) is 5.66. The van der Waals surface area contributed by atoms with Crippen LogP contribution in [0.15, 0.2) is 67.0 Å². The van der Waals surface area contributed by atoms with E-state index in [1.54, 1.807) is 7.11 Å². The smallest absolute Gasteiger partial charge is 0.147 e. The molecule has 0 aliphatic heterocycles. The third-order valence-corrected chi connectivity index (χ3v) is 4.79. The lowest BCUT2D eigenvalue weighted by Crippen LogP contribution is -2.06. The molecule has 140 valence electrons. The number of anilines is 2. The first kappa shape index (κ1) is 17.8. The molecular weight excluding hydrogens is 348 g/mol. The molecule has 4 aromatic rings. The molecular formula is C23H22N4O. The van der Waals surface area contributed by atoms with Crippen LogP contribution in [0, 0.1) is 6.92 Å². The molecule has 0 unspecified atom stereocenters. The SMILES string of the molecule is COc1ccc(-c2cncc3ccccc23)cc1CNc1ccc(C)nc1N. The minimum Gasteiger partial charge on any atom is -0.496 e. The zero-order chi connectivity index (χ0) is 19.5. The standard InChI is InChI=1S/C23H22N4O/c1-15-7-9-21(23(24)27-15)26-13-18-11-16(8-10-22(18)28-2)20-14-25-12-17-5-3-4-6-19(17)20/h3-12,14,26H,13H2,1-2H3,(H2,24,27). The second kappa shape index (κ2) is 7.56. The predicted octanol–water partition coefficient (Wildman–Crippen LogP) is 4.81. The van der Waals surface area contributed by atoms with Crippen molar-refractivity contribution in [3.8, 4) is 16.9 Å². The van der Waals surface area contributed by atoms with Crippen LogP contribution < -0.4 is 15.8 Å². The average Bonchev–Trinajstić information content (AvgIpc) is 2.72. The number of nitrogens with zero attached hydrogens (tertiary/aromatic N) is 2. The largest absolute Gasteiger partial charge is 0.496 e. The second-order valence-corrected chi connectivity index (χ2v) is 6.67. The minimum absolute atomic E-state index is 0.494. The Morgan fingerprint density at radius 3 is 2.71 bits per heavy atom. The number of fused-ring (bicyclic) bond motifs is 1. The number of ether oxygens (including phenoxy) is 1. The topological polar surface area (TPSA) is 73.1 Å². The Morgan fingerprint density at radius 1 is 1.04 bits per heavy atom. The fourth-order valence-corrected chi connectivity index (χ4v) is 3.35. The van der Waals surface area contributed by atoms with Gasteiger partial charge in [0, 0.05) is 41.1 Å². The maximum atomic E-state index is 6.03. The highest BCUT2D eigenvalue weighted by molar-refractivity contribution is 5.95. The van der Waals surface area contributed by atoms with Crippen molar-refractivity contribution in [3.05, 3.63) is 78.2 Å². The number of hydrogen-bond acceptors (Lipinski definition) is 5. The van der Waals surface area contributed by atoms with Gasteiger partial charge in [0.1, 0.15) is 11.6 Å². The van der Waals surface area contributed by atoms with Crippen LogP contribution in [0.2, 0.25) is 0 Å². The normalized spacial score (nSPS) is 10.8. The molecule has 2 aromatic heterocycles.